The molecule has 19 heavy (non-hydrogen) atoms. The molecule has 102 valence electrons. The van der Waals surface area contributed by atoms with Gasteiger partial charge < -0.3 is 5.32 Å². The number of aryl methyl sites for hydroxylation is 3. The van der Waals surface area contributed by atoms with Crippen LogP contribution in [0.5, 0.6) is 0 Å². The van der Waals surface area contributed by atoms with Crippen molar-refractivity contribution in [3.63, 3.8) is 0 Å². The Bertz CT molecular complexity index is 567. The van der Waals surface area contributed by atoms with Gasteiger partial charge in [0.15, 0.2) is 0 Å². The van der Waals surface area contributed by atoms with Crippen LogP contribution in [0.2, 0.25) is 0 Å². The molecular weight excluding hydrogens is 370 g/mol. The first-order chi connectivity index (χ1) is 9.01. The van der Waals surface area contributed by atoms with E-state index in [2.05, 4.69) is 74.3 Å². The van der Waals surface area contributed by atoms with E-state index < -0.39 is 0 Å². The Morgan fingerprint density at radius 3 is 2.37 bits per heavy atom. The van der Waals surface area contributed by atoms with E-state index in [1.807, 2.05) is 11.6 Å². The zero-order valence-electron chi connectivity index (χ0n) is 11.3. The lowest BCUT2D eigenvalue weighted by Gasteiger charge is -2.12. The first-order valence-electron chi connectivity index (χ1n) is 6.24. The Hall–Kier alpha value is -0.810. The third kappa shape index (κ3) is 3.39. The molecule has 1 aromatic heterocycles. The topological polar surface area (TPSA) is 29.9 Å². The summed E-state index contributed by atoms with van der Waals surface area (Å²) in [5.41, 5.74) is 4.55. The van der Waals surface area contributed by atoms with Crippen molar-refractivity contribution in [1.29, 1.82) is 0 Å². The Morgan fingerprint density at radius 2 is 1.79 bits per heavy atom. The number of hydrogen-bond acceptors (Lipinski definition) is 2. The lowest BCUT2D eigenvalue weighted by molar-refractivity contribution is 0.623. The van der Waals surface area contributed by atoms with E-state index in [4.69, 9.17) is 0 Å². The second-order valence-corrected chi connectivity index (χ2v) is 6.26. The predicted molar refractivity (Wildman–Crippen MR) is 86.5 cm³/mol. The van der Waals surface area contributed by atoms with Crippen LogP contribution >= 0.6 is 31.9 Å². The number of halogens is 2. The van der Waals surface area contributed by atoms with Crippen LogP contribution in [0.25, 0.3) is 0 Å². The van der Waals surface area contributed by atoms with Crippen LogP contribution in [0.15, 0.2) is 27.1 Å². The minimum absolute atomic E-state index is 0.759. The maximum atomic E-state index is 4.45. The molecule has 0 radical (unpaired) electrons. The molecule has 1 N–H and O–H groups in total. The number of anilines is 1. The Morgan fingerprint density at radius 1 is 1.16 bits per heavy atom. The summed E-state index contributed by atoms with van der Waals surface area (Å²) >= 11 is 7.19. The van der Waals surface area contributed by atoms with Gasteiger partial charge in [-0.2, -0.15) is 5.10 Å². The van der Waals surface area contributed by atoms with Gasteiger partial charge in [0.2, 0.25) is 0 Å². The summed E-state index contributed by atoms with van der Waals surface area (Å²) in [7, 11) is 0. The zero-order chi connectivity index (χ0) is 14.0. The Balaban J connectivity index is 2.19. The van der Waals surface area contributed by atoms with Crippen LogP contribution in [-0.2, 0) is 13.1 Å². The van der Waals surface area contributed by atoms with E-state index in [-0.39, 0.29) is 0 Å². The molecule has 0 amide bonds. The lowest BCUT2D eigenvalue weighted by Crippen LogP contribution is -2.08. The van der Waals surface area contributed by atoms with Gasteiger partial charge in [-0.25, -0.2) is 0 Å². The van der Waals surface area contributed by atoms with Crippen LogP contribution in [0, 0.1) is 13.8 Å². The molecule has 3 nitrogen and oxygen atoms in total. The summed E-state index contributed by atoms with van der Waals surface area (Å²) < 4.78 is 4.16. The largest absolute Gasteiger partial charge is 0.378 e. The molecule has 1 heterocycles. The van der Waals surface area contributed by atoms with Crippen molar-refractivity contribution >= 4 is 37.5 Å². The summed E-state index contributed by atoms with van der Waals surface area (Å²) in [6.07, 6.45) is 0. The van der Waals surface area contributed by atoms with Crippen molar-refractivity contribution in [2.75, 3.05) is 5.32 Å². The normalized spacial score (nSPS) is 10.8. The molecule has 1 aromatic carbocycles. The smallest absolute Gasteiger partial charge is 0.0632 e. The fraction of sp³-hybridized carbons (Fsp3) is 0.357. The van der Waals surface area contributed by atoms with Crippen molar-refractivity contribution in [3.8, 4) is 0 Å². The first-order valence-corrected chi connectivity index (χ1v) is 7.82. The number of aromatic nitrogens is 2. The summed E-state index contributed by atoms with van der Waals surface area (Å²) in [6.45, 7) is 7.85. The van der Waals surface area contributed by atoms with Crippen molar-refractivity contribution in [1.82, 2.24) is 9.78 Å². The fourth-order valence-electron chi connectivity index (χ4n) is 2.06. The summed E-state index contributed by atoms with van der Waals surface area (Å²) in [5.74, 6) is 0. The van der Waals surface area contributed by atoms with Crippen LogP contribution in [0.4, 0.5) is 5.69 Å². The van der Waals surface area contributed by atoms with E-state index in [1.165, 1.54) is 11.3 Å². The van der Waals surface area contributed by atoms with Crippen LogP contribution in [-0.4, -0.2) is 9.78 Å². The third-order valence-electron chi connectivity index (χ3n) is 2.92. The number of nitrogens with one attached hydrogen (secondary N) is 1. The fourth-order valence-corrected chi connectivity index (χ4v) is 3.76. The number of benzene rings is 1. The monoisotopic (exact) mass is 385 g/mol. The second kappa shape index (κ2) is 6.09. The number of rotatable bonds is 4. The van der Waals surface area contributed by atoms with E-state index >= 15 is 0 Å². The van der Waals surface area contributed by atoms with Crippen LogP contribution < -0.4 is 5.32 Å². The molecule has 0 saturated heterocycles. The minimum atomic E-state index is 0.759. The highest BCUT2D eigenvalue weighted by Gasteiger charge is 2.08. The third-order valence-corrected chi connectivity index (χ3v) is 4.17. The van der Waals surface area contributed by atoms with Gasteiger partial charge in [0.1, 0.15) is 0 Å². The highest BCUT2D eigenvalue weighted by atomic mass is 79.9. The van der Waals surface area contributed by atoms with Gasteiger partial charge in [0.05, 0.1) is 23.6 Å². The van der Waals surface area contributed by atoms with E-state index in [0.29, 0.717) is 0 Å². The molecule has 2 rings (SSSR count). The molecule has 0 aliphatic heterocycles. The van der Waals surface area contributed by atoms with Crippen molar-refractivity contribution in [2.24, 2.45) is 0 Å². The van der Waals surface area contributed by atoms with Crippen LogP contribution in [0.1, 0.15) is 23.9 Å². The molecule has 0 fully saturated rings. The summed E-state index contributed by atoms with van der Waals surface area (Å²) in [6, 6.07) is 6.33. The average Bonchev–Trinajstić information content (AvgIpc) is 2.68. The molecule has 0 unspecified atom stereocenters. The minimum Gasteiger partial charge on any atom is -0.378 e. The average molecular weight is 387 g/mol. The van der Waals surface area contributed by atoms with Gasteiger partial charge in [-0.05, 0) is 76.4 Å². The lowest BCUT2D eigenvalue weighted by atomic mass is 10.2. The standard InChI is InChI=1S/C14H17Br2N3/c1-4-19-11(7-10(3)18-19)8-17-14-12(15)5-9(2)6-13(14)16/h5-7,17H,4,8H2,1-3H3. The van der Waals surface area contributed by atoms with Crippen molar-refractivity contribution < 1.29 is 0 Å². The molecule has 0 aliphatic rings. The molecule has 0 aliphatic carbocycles. The molecule has 0 spiro atoms. The van der Waals surface area contributed by atoms with E-state index in [1.54, 1.807) is 0 Å². The van der Waals surface area contributed by atoms with Gasteiger partial charge >= 0.3 is 0 Å². The zero-order valence-corrected chi connectivity index (χ0v) is 14.5. The maximum absolute atomic E-state index is 4.45. The Kier molecular flexibility index (Phi) is 4.68. The van der Waals surface area contributed by atoms with Gasteiger partial charge in [-0.3, -0.25) is 4.68 Å². The molecule has 0 atom stereocenters. The molecular formula is C14H17Br2N3. The van der Waals surface area contributed by atoms with E-state index in [0.717, 1.165) is 33.4 Å². The second-order valence-electron chi connectivity index (χ2n) is 4.55. The highest BCUT2D eigenvalue weighted by molar-refractivity contribution is 9.11. The molecule has 5 heteroatoms. The maximum Gasteiger partial charge on any atom is 0.0632 e. The molecule has 0 bridgehead atoms. The van der Waals surface area contributed by atoms with Crippen molar-refractivity contribution in [3.05, 3.63) is 44.1 Å². The van der Waals surface area contributed by atoms with Gasteiger partial charge in [-0.15, -0.1) is 0 Å². The van der Waals surface area contributed by atoms with Gasteiger partial charge in [0.25, 0.3) is 0 Å². The number of nitrogens with zero attached hydrogens (tertiary/aromatic N) is 2. The first kappa shape index (κ1) is 14.6. The quantitative estimate of drug-likeness (QED) is 0.828. The number of hydrogen-bond donors (Lipinski definition) is 1. The Labute approximate surface area is 130 Å². The SMILES string of the molecule is CCn1nc(C)cc1CNc1c(Br)cc(C)cc1Br. The summed E-state index contributed by atoms with van der Waals surface area (Å²) in [5, 5.41) is 7.91. The van der Waals surface area contributed by atoms with Crippen molar-refractivity contribution in [2.45, 2.75) is 33.9 Å². The summed E-state index contributed by atoms with van der Waals surface area (Å²) in [4.78, 5) is 0. The predicted octanol–water partition coefficient (Wildman–Crippen LogP) is 4.66. The molecule has 0 saturated carbocycles. The van der Waals surface area contributed by atoms with Gasteiger partial charge in [-0.1, -0.05) is 0 Å². The molecule has 2 aromatic rings. The van der Waals surface area contributed by atoms with E-state index in [9.17, 15) is 0 Å². The highest BCUT2D eigenvalue weighted by Crippen LogP contribution is 2.32. The van der Waals surface area contributed by atoms with Crippen LogP contribution in [0.3, 0.4) is 0 Å². The van der Waals surface area contributed by atoms with Gasteiger partial charge in [0, 0.05) is 15.5 Å².